The van der Waals surface area contributed by atoms with E-state index in [2.05, 4.69) is 27.0 Å². The quantitative estimate of drug-likeness (QED) is 0.470. The molecule has 0 aliphatic heterocycles. The molecule has 158 valence electrons. The highest BCUT2D eigenvalue weighted by Gasteiger charge is 2.22. The number of hydrogen-bond donors (Lipinski definition) is 3. The number of amides is 2. The molecule has 1 aromatic carbocycles. The van der Waals surface area contributed by atoms with Crippen molar-refractivity contribution in [2.75, 3.05) is 37.5 Å². The lowest BCUT2D eigenvalue weighted by atomic mass is 10.1. The van der Waals surface area contributed by atoms with Crippen molar-refractivity contribution in [3.8, 4) is 11.8 Å². The molecule has 0 fully saturated rings. The van der Waals surface area contributed by atoms with Crippen LogP contribution in [-0.4, -0.2) is 55.0 Å². The molecule has 1 heterocycles. The first-order chi connectivity index (χ1) is 14.6. The molecule has 0 radical (unpaired) electrons. The number of ether oxygens (including phenoxy) is 1. The van der Waals surface area contributed by atoms with Crippen LogP contribution in [0.4, 0.5) is 5.82 Å². The normalized spacial score (nSPS) is 11.1. The van der Waals surface area contributed by atoms with Crippen LogP contribution in [0.2, 0.25) is 0 Å². The summed E-state index contributed by atoms with van der Waals surface area (Å²) in [6.07, 6.45) is 4.04. The van der Waals surface area contributed by atoms with Gasteiger partial charge in [-0.3, -0.25) is 9.59 Å². The lowest BCUT2D eigenvalue weighted by Crippen LogP contribution is -2.48. The number of para-hydroxylation sites is 1. The third-order valence-electron chi connectivity index (χ3n) is 4.23. The third-order valence-corrected chi connectivity index (χ3v) is 4.87. The van der Waals surface area contributed by atoms with Crippen molar-refractivity contribution >= 4 is 29.4 Å². The van der Waals surface area contributed by atoms with Gasteiger partial charge in [-0.1, -0.05) is 12.1 Å². The van der Waals surface area contributed by atoms with Gasteiger partial charge in [0.2, 0.25) is 5.91 Å². The number of rotatable bonds is 11. The number of thioether (sulfide) groups is 1. The molecule has 0 aliphatic carbocycles. The summed E-state index contributed by atoms with van der Waals surface area (Å²) in [6.45, 7) is 0.716. The Morgan fingerprint density at radius 1 is 1.23 bits per heavy atom. The number of hydrogen-bond acceptors (Lipinski definition) is 7. The number of methoxy groups -OCH3 is 1. The number of benzene rings is 1. The highest BCUT2D eigenvalue weighted by molar-refractivity contribution is 7.98. The fourth-order valence-corrected chi connectivity index (χ4v) is 3.17. The van der Waals surface area contributed by atoms with Gasteiger partial charge in [-0.2, -0.15) is 17.0 Å². The zero-order valence-electron chi connectivity index (χ0n) is 17.0. The molecule has 2 amide bonds. The molecule has 3 N–H and O–H groups in total. The molecule has 2 rings (SSSR count). The SMILES string of the molecule is COc1ccccc1C(=O)NC(CCSC)C(=O)NCCNc1ncccc1C#N. The summed E-state index contributed by atoms with van der Waals surface area (Å²) in [4.78, 5) is 29.4. The maximum atomic E-state index is 12.7. The van der Waals surface area contributed by atoms with E-state index in [9.17, 15) is 9.59 Å². The van der Waals surface area contributed by atoms with Crippen LogP contribution in [0.5, 0.6) is 5.75 Å². The average molecular weight is 428 g/mol. The minimum absolute atomic E-state index is 0.268. The summed E-state index contributed by atoms with van der Waals surface area (Å²) in [7, 11) is 1.50. The zero-order valence-corrected chi connectivity index (χ0v) is 17.8. The number of carbonyl (C=O) groups is 2. The molecule has 2 aromatic rings. The Morgan fingerprint density at radius 2 is 2.03 bits per heavy atom. The lowest BCUT2D eigenvalue weighted by Gasteiger charge is -2.19. The Balaban J connectivity index is 1.93. The van der Waals surface area contributed by atoms with Crippen LogP contribution in [-0.2, 0) is 4.79 Å². The van der Waals surface area contributed by atoms with Gasteiger partial charge < -0.3 is 20.7 Å². The highest BCUT2D eigenvalue weighted by Crippen LogP contribution is 2.17. The fraction of sp³-hybridized carbons (Fsp3) is 0.333. The van der Waals surface area contributed by atoms with Crippen molar-refractivity contribution in [3.05, 3.63) is 53.7 Å². The molecule has 1 atom stereocenters. The van der Waals surface area contributed by atoms with Crippen molar-refractivity contribution in [1.82, 2.24) is 15.6 Å². The Kier molecular flexibility index (Phi) is 9.48. The van der Waals surface area contributed by atoms with Crippen LogP contribution in [0, 0.1) is 11.3 Å². The molecule has 8 nitrogen and oxygen atoms in total. The number of anilines is 1. The van der Waals surface area contributed by atoms with Gasteiger partial charge in [0, 0.05) is 19.3 Å². The summed E-state index contributed by atoms with van der Waals surface area (Å²) in [5, 5.41) is 17.7. The van der Waals surface area contributed by atoms with Gasteiger partial charge in [-0.25, -0.2) is 4.98 Å². The highest BCUT2D eigenvalue weighted by atomic mass is 32.2. The molecule has 0 spiro atoms. The predicted octanol–water partition coefficient (Wildman–Crippen LogP) is 2.04. The summed E-state index contributed by atoms with van der Waals surface area (Å²) >= 11 is 1.60. The van der Waals surface area contributed by atoms with E-state index in [1.54, 1.807) is 54.4 Å². The number of carbonyl (C=O) groups excluding carboxylic acids is 2. The van der Waals surface area contributed by atoms with Crippen molar-refractivity contribution in [2.45, 2.75) is 12.5 Å². The molecule has 9 heteroatoms. The van der Waals surface area contributed by atoms with Gasteiger partial charge >= 0.3 is 0 Å². The molecule has 1 aromatic heterocycles. The number of nitrogens with zero attached hydrogens (tertiary/aromatic N) is 2. The fourth-order valence-electron chi connectivity index (χ4n) is 2.70. The molecule has 0 bridgehead atoms. The molecule has 1 unspecified atom stereocenters. The van der Waals surface area contributed by atoms with Crippen LogP contribution in [0.3, 0.4) is 0 Å². The van der Waals surface area contributed by atoms with Crippen molar-refractivity contribution in [2.24, 2.45) is 0 Å². The summed E-state index contributed by atoms with van der Waals surface area (Å²) in [5.41, 5.74) is 0.813. The molecule has 0 aliphatic rings. The monoisotopic (exact) mass is 427 g/mol. The standard InChI is InChI=1S/C21H25N5O3S/c1-29-18-8-4-3-7-16(18)20(27)26-17(9-13-30-2)21(28)25-12-11-24-19-15(14-22)6-5-10-23-19/h3-8,10,17H,9,11-13H2,1-2H3,(H,23,24)(H,25,28)(H,26,27). The van der Waals surface area contributed by atoms with Gasteiger partial charge in [-0.05, 0) is 42.7 Å². The number of pyridine rings is 1. The van der Waals surface area contributed by atoms with Gasteiger partial charge in [0.25, 0.3) is 5.91 Å². The lowest BCUT2D eigenvalue weighted by molar-refractivity contribution is -0.122. The van der Waals surface area contributed by atoms with E-state index in [0.29, 0.717) is 42.2 Å². The van der Waals surface area contributed by atoms with E-state index in [-0.39, 0.29) is 11.8 Å². The molecule has 0 saturated heterocycles. The maximum Gasteiger partial charge on any atom is 0.255 e. The second-order valence-corrected chi connectivity index (χ2v) is 7.22. The number of aromatic nitrogens is 1. The van der Waals surface area contributed by atoms with Gasteiger partial charge in [0.05, 0.1) is 18.2 Å². The minimum atomic E-state index is -0.667. The van der Waals surface area contributed by atoms with Crippen LogP contribution < -0.4 is 20.7 Å². The largest absolute Gasteiger partial charge is 0.496 e. The maximum absolute atomic E-state index is 12.7. The van der Waals surface area contributed by atoms with E-state index in [1.165, 1.54) is 7.11 Å². The van der Waals surface area contributed by atoms with Crippen molar-refractivity contribution in [1.29, 1.82) is 5.26 Å². The number of nitriles is 1. The van der Waals surface area contributed by atoms with E-state index < -0.39 is 6.04 Å². The number of nitrogens with one attached hydrogen (secondary N) is 3. The zero-order chi connectivity index (χ0) is 21.8. The van der Waals surface area contributed by atoms with Crippen LogP contribution in [0.15, 0.2) is 42.6 Å². The first kappa shape index (κ1) is 23.0. The smallest absolute Gasteiger partial charge is 0.255 e. The predicted molar refractivity (Wildman–Crippen MR) is 118 cm³/mol. The van der Waals surface area contributed by atoms with Crippen molar-refractivity contribution in [3.63, 3.8) is 0 Å². The minimum Gasteiger partial charge on any atom is -0.496 e. The van der Waals surface area contributed by atoms with Crippen LogP contribution >= 0.6 is 11.8 Å². The van der Waals surface area contributed by atoms with E-state index in [1.807, 2.05) is 6.26 Å². The first-order valence-electron chi connectivity index (χ1n) is 9.40. The molecular formula is C21H25N5O3S. The van der Waals surface area contributed by atoms with Gasteiger partial charge in [-0.15, -0.1) is 0 Å². The Labute approximate surface area is 180 Å². The van der Waals surface area contributed by atoms with Gasteiger partial charge in [0.1, 0.15) is 23.7 Å². The van der Waals surface area contributed by atoms with E-state index in [0.717, 1.165) is 5.75 Å². The van der Waals surface area contributed by atoms with E-state index in [4.69, 9.17) is 10.00 Å². The molecule has 30 heavy (non-hydrogen) atoms. The Bertz CT molecular complexity index is 900. The van der Waals surface area contributed by atoms with Crippen LogP contribution in [0.1, 0.15) is 22.3 Å². The molecular weight excluding hydrogens is 402 g/mol. The van der Waals surface area contributed by atoms with Gasteiger partial charge in [0.15, 0.2) is 0 Å². The second-order valence-electron chi connectivity index (χ2n) is 6.24. The summed E-state index contributed by atoms with van der Waals surface area (Å²) < 4.78 is 5.23. The topological polar surface area (TPSA) is 116 Å². The van der Waals surface area contributed by atoms with Crippen LogP contribution in [0.25, 0.3) is 0 Å². The van der Waals surface area contributed by atoms with Crippen molar-refractivity contribution < 1.29 is 14.3 Å². The Morgan fingerprint density at radius 3 is 2.77 bits per heavy atom. The third kappa shape index (κ3) is 6.67. The second kappa shape index (κ2) is 12.3. The first-order valence-corrected chi connectivity index (χ1v) is 10.8. The van der Waals surface area contributed by atoms with E-state index >= 15 is 0 Å². The molecule has 0 saturated carbocycles. The summed E-state index contributed by atoms with van der Waals surface area (Å²) in [6, 6.07) is 11.6. The Hall–Kier alpha value is -3.25. The summed E-state index contributed by atoms with van der Waals surface area (Å²) in [5.74, 6) is 1.02. The average Bonchev–Trinajstić information content (AvgIpc) is 2.79.